The van der Waals surface area contributed by atoms with Gasteiger partial charge in [-0.25, -0.2) is 4.39 Å². The third-order valence-electron chi connectivity index (χ3n) is 3.39. The van der Waals surface area contributed by atoms with Crippen LogP contribution in [0, 0.1) is 5.82 Å². The number of halogens is 2. The van der Waals surface area contributed by atoms with Gasteiger partial charge in [0.05, 0.1) is 0 Å². The van der Waals surface area contributed by atoms with Crippen molar-refractivity contribution in [1.29, 1.82) is 0 Å². The highest BCUT2D eigenvalue weighted by Gasteiger charge is 2.13. The Balaban J connectivity index is 2.00. The topological polar surface area (TPSA) is 12.0 Å². The van der Waals surface area contributed by atoms with E-state index in [0.717, 1.165) is 16.1 Å². The third-order valence-corrected chi connectivity index (χ3v) is 3.73. The third kappa shape index (κ3) is 3.81. The molecule has 0 saturated carbocycles. The number of hydrogen-bond acceptors (Lipinski definition) is 1. The van der Waals surface area contributed by atoms with Crippen molar-refractivity contribution in [3.05, 3.63) is 70.5 Å². The molecule has 0 aliphatic rings. The van der Waals surface area contributed by atoms with E-state index in [1.807, 2.05) is 36.4 Å². The second-order valence-corrected chi connectivity index (χ2v) is 5.51. The van der Waals surface area contributed by atoms with Gasteiger partial charge < -0.3 is 5.32 Å². The molecule has 0 radical (unpaired) electrons. The van der Waals surface area contributed by atoms with E-state index in [-0.39, 0.29) is 17.9 Å². The first-order valence-electron chi connectivity index (χ1n) is 6.82. The monoisotopic (exact) mass is 291 g/mol. The van der Waals surface area contributed by atoms with Crippen LogP contribution in [0.3, 0.4) is 0 Å². The Morgan fingerprint density at radius 3 is 2.40 bits per heavy atom. The highest BCUT2D eigenvalue weighted by atomic mass is 35.5. The molecule has 2 aromatic carbocycles. The zero-order chi connectivity index (χ0) is 14.5. The van der Waals surface area contributed by atoms with E-state index in [2.05, 4.69) is 19.2 Å². The van der Waals surface area contributed by atoms with E-state index in [4.69, 9.17) is 11.6 Å². The molecule has 0 fully saturated rings. The first kappa shape index (κ1) is 15.0. The Hall–Kier alpha value is -1.38. The molecule has 0 spiro atoms. The van der Waals surface area contributed by atoms with Gasteiger partial charge in [-0.05, 0) is 43.5 Å². The van der Waals surface area contributed by atoms with Crippen LogP contribution >= 0.6 is 11.6 Å². The highest BCUT2D eigenvalue weighted by Crippen LogP contribution is 2.23. The fourth-order valence-corrected chi connectivity index (χ4v) is 2.69. The van der Waals surface area contributed by atoms with Crippen molar-refractivity contribution in [3.63, 3.8) is 0 Å². The molecule has 0 aromatic heterocycles. The summed E-state index contributed by atoms with van der Waals surface area (Å²) in [5, 5.41) is 4.22. The lowest BCUT2D eigenvalue weighted by Gasteiger charge is -2.21. The molecule has 1 nitrogen and oxygen atoms in total. The minimum absolute atomic E-state index is 0.130. The van der Waals surface area contributed by atoms with Gasteiger partial charge in [0.2, 0.25) is 0 Å². The van der Waals surface area contributed by atoms with Gasteiger partial charge in [-0.3, -0.25) is 0 Å². The van der Waals surface area contributed by atoms with Crippen molar-refractivity contribution in [3.8, 4) is 0 Å². The van der Waals surface area contributed by atoms with Crippen molar-refractivity contribution in [1.82, 2.24) is 5.32 Å². The molecule has 106 valence electrons. The van der Waals surface area contributed by atoms with Gasteiger partial charge in [-0.1, -0.05) is 48.0 Å². The Bertz CT molecular complexity index is 570. The van der Waals surface area contributed by atoms with Crippen LogP contribution in [0.25, 0.3) is 0 Å². The van der Waals surface area contributed by atoms with E-state index in [1.165, 1.54) is 6.07 Å². The van der Waals surface area contributed by atoms with Crippen LogP contribution in [-0.4, -0.2) is 6.04 Å². The van der Waals surface area contributed by atoms with Gasteiger partial charge in [0.15, 0.2) is 0 Å². The van der Waals surface area contributed by atoms with Gasteiger partial charge in [-0.2, -0.15) is 0 Å². The number of hydrogen-bond donors (Lipinski definition) is 1. The summed E-state index contributed by atoms with van der Waals surface area (Å²) >= 11 is 6.19. The molecular formula is C17H19ClFN. The Morgan fingerprint density at radius 1 is 1.05 bits per heavy atom. The van der Waals surface area contributed by atoms with Gasteiger partial charge in [0.1, 0.15) is 5.82 Å². The van der Waals surface area contributed by atoms with E-state index in [9.17, 15) is 4.39 Å². The summed E-state index contributed by atoms with van der Waals surface area (Å²) < 4.78 is 13.6. The summed E-state index contributed by atoms with van der Waals surface area (Å²) in [7, 11) is 0. The quantitative estimate of drug-likeness (QED) is 0.837. The van der Waals surface area contributed by atoms with Crippen LogP contribution in [0.5, 0.6) is 0 Å². The molecule has 1 unspecified atom stereocenters. The van der Waals surface area contributed by atoms with Gasteiger partial charge in [0.25, 0.3) is 0 Å². The van der Waals surface area contributed by atoms with E-state index in [0.29, 0.717) is 6.42 Å². The minimum atomic E-state index is -0.147. The molecule has 2 rings (SSSR count). The summed E-state index contributed by atoms with van der Waals surface area (Å²) in [5.41, 5.74) is 1.80. The summed E-state index contributed by atoms with van der Waals surface area (Å²) in [6, 6.07) is 15.0. The van der Waals surface area contributed by atoms with Crippen LogP contribution < -0.4 is 5.32 Å². The Labute approximate surface area is 124 Å². The molecule has 0 saturated heterocycles. The van der Waals surface area contributed by atoms with Crippen LogP contribution in [0.2, 0.25) is 5.02 Å². The zero-order valence-electron chi connectivity index (χ0n) is 11.7. The maximum atomic E-state index is 13.6. The predicted octanol–water partition coefficient (Wildman–Crippen LogP) is 4.76. The largest absolute Gasteiger partial charge is 0.307 e. The van der Waals surface area contributed by atoms with Crippen LogP contribution in [-0.2, 0) is 6.42 Å². The summed E-state index contributed by atoms with van der Waals surface area (Å²) in [6.07, 6.45) is 0.654. The first-order chi connectivity index (χ1) is 9.58. The highest BCUT2D eigenvalue weighted by molar-refractivity contribution is 6.31. The minimum Gasteiger partial charge on any atom is -0.307 e. The number of nitrogens with one attached hydrogen (secondary N) is 1. The molecule has 2 aromatic rings. The lowest BCUT2D eigenvalue weighted by atomic mass is 10.0. The Morgan fingerprint density at radius 2 is 1.70 bits per heavy atom. The van der Waals surface area contributed by atoms with Crippen molar-refractivity contribution in [2.24, 2.45) is 0 Å². The SMILES string of the molecule is CC(Cc1ccccc1F)N[C@@H](C)c1ccccc1Cl. The summed E-state index contributed by atoms with van der Waals surface area (Å²) in [4.78, 5) is 0. The van der Waals surface area contributed by atoms with Gasteiger partial charge in [-0.15, -0.1) is 0 Å². The standard InChI is InChI=1S/C17H19ClFN/c1-12(11-14-7-3-6-10-17(14)19)20-13(2)15-8-4-5-9-16(15)18/h3-10,12-13,20H,11H2,1-2H3/t12?,13-/m0/s1. The van der Waals surface area contributed by atoms with Crippen molar-refractivity contribution < 1.29 is 4.39 Å². The van der Waals surface area contributed by atoms with E-state index >= 15 is 0 Å². The molecule has 3 heteroatoms. The molecule has 1 N–H and O–H groups in total. The molecule has 0 bridgehead atoms. The molecule has 2 atom stereocenters. The van der Waals surface area contributed by atoms with E-state index < -0.39 is 0 Å². The van der Waals surface area contributed by atoms with Crippen molar-refractivity contribution in [2.45, 2.75) is 32.4 Å². The molecule has 20 heavy (non-hydrogen) atoms. The number of benzene rings is 2. The van der Waals surface area contributed by atoms with Crippen LogP contribution in [0.1, 0.15) is 31.0 Å². The van der Waals surface area contributed by atoms with Gasteiger partial charge >= 0.3 is 0 Å². The second kappa shape index (κ2) is 6.87. The summed E-state index contributed by atoms with van der Waals surface area (Å²) in [5.74, 6) is -0.147. The van der Waals surface area contributed by atoms with Crippen molar-refractivity contribution >= 4 is 11.6 Å². The lowest BCUT2D eigenvalue weighted by molar-refractivity contribution is 0.469. The Kier molecular flexibility index (Phi) is 5.16. The smallest absolute Gasteiger partial charge is 0.126 e. The zero-order valence-corrected chi connectivity index (χ0v) is 12.5. The molecule has 0 aliphatic heterocycles. The second-order valence-electron chi connectivity index (χ2n) is 5.11. The normalized spacial score (nSPS) is 14.0. The van der Waals surface area contributed by atoms with E-state index in [1.54, 1.807) is 6.07 Å². The summed E-state index contributed by atoms with van der Waals surface area (Å²) in [6.45, 7) is 4.12. The van der Waals surface area contributed by atoms with Crippen LogP contribution in [0.15, 0.2) is 48.5 Å². The maximum absolute atomic E-state index is 13.6. The fourth-order valence-electron chi connectivity index (χ4n) is 2.40. The maximum Gasteiger partial charge on any atom is 0.126 e. The average Bonchev–Trinajstić information content (AvgIpc) is 2.41. The fraction of sp³-hybridized carbons (Fsp3) is 0.294. The first-order valence-corrected chi connectivity index (χ1v) is 7.19. The molecule has 0 heterocycles. The lowest BCUT2D eigenvalue weighted by Crippen LogP contribution is -2.31. The molecular weight excluding hydrogens is 273 g/mol. The average molecular weight is 292 g/mol. The van der Waals surface area contributed by atoms with Crippen LogP contribution in [0.4, 0.5) is 4.39 Å². The predicted molar refractivity (Wildman–Crippen MR) is 82.6 cm³/mol. The molecule has 0 aliphatic carbocycles. The van der Waals surface area contributed by atoms with Crippen molar-refractivity contribution in [2.75, 3.05) is 0 Å². The van der Waals surface area contributed by atoms with Gasteiger partial charge in [0, 0.05) is 17.1 Å². The molecule has 0 amide bonds. The number of rotatable bonds is 5.